The Kier molecular flexibility index (Phi) is 4.79. The number of hydrogen-bond donors (Lipinski definition) is 1. The summed E-state index contributed by atoms with van der Waals surface area (Å²) in [6, 6.07) is 10.5. The number of benzene rings is 1. The maximum Gasteiger partial charge on any atom is 0.228 e. The van der Waals surface area contributed by atoms with Crippen LogP contribution >= 0.6 is 12.4 Å². The third-order valence-electron chi connectivity index (χ3n) is 8.99. The molecule has 1 amide bonds. The van der Waals surface area contributed by atoms with E-state index in [9.17, 15) is 4.79 Å². The molecule has 7 rings (SSSR count). The van der Waals surface area contributed by atoms with Gasteiger partial charge in [-0.25, -0.2) is 0 Å². The highest BCUT2D eigenvalue weighted by atomic mass is 35.5. The third kappa shape index (κ3) is 3.15. The second kappa shape index (κ2) is 6.99. The van der Waals surface area contributed by atoms with Crippen LogP contribution in [0.4, 0.5) is 0 Å². The van der Waals surface area contributed by atoms with E-state index in [1.54, 1.807) is 0 Å². The molecule has 1 aromatic rings. The SMILES string of the molecule is Cc1ccc(C23CC4CC(CC(C(=O)N5CCC6CCC(C5)N6)(C4)C2)C3)cc1.Cl. The Labute approximate surface area is 181 Å². The smallest absolute Gasteiger partial charge is 0.228 e. The fraction of sp³-hybridized carbons (Fsp3) is 0.720. The monoisotopic (exact) mass is 414 g/mol. The van der Waals surface area contributed by atoms with Gasteiger partial charge in [-0.2, -0.15) is 0 Å². The molecular weight excluding hydrogens is 380 g/mol. The Bertz CT molecular complexity index is 777. The summed E-state index contributed by atoms with van der Waals surface area (Å²) in [5.41, 5.74) is 3.04. The highest BCUT2D eigenvalue weighted by Gasteiger charge is 2.61. The van der Waals surface area contributed by atoms with Gasteiger partial charge in [0.25, 0.3) is 0 Å². The zero-order valence-electron chi connectivity index (χ0n) is 17.7. The van der Waals surface area contributed by atoms with Gasteiger partial charge in [-0.15, -0.1) is 12.4 Å². The largest absolute Gasteiger partial charge is 0.341 e. The van der Waals surface area contributed by atoms with Crippen LogP contribution in [-0.2, 0) is 10.2 Å². The van der Waals surface area contributed by atoms with Gasteiger partial charge < -0.3 is 10.2 Å². The lowest BCUT2D eigenvalue weighted by Crippen LogP contribution is -2.60. The molecule has 0 aromatic heterocycles. The highest BCUT2D eigenvalue weighted by molar-refractivity contribution is 5.85. The summed E-state index contributed by atoms with van der Waals surface area (Å²) in [6.45, 7) is 4.10. The molecule has 4 aliphatic carbocycles. The molecule has 0 spiro atoms. The minimum atomic E-state index is -0.0709. The van der Waals surface area contributed by atoms with Crippen LogP contribution in [0, 0.1) is 24.2 Å². The lowest BCUT2D eigenvalue weighted by molar-refractivity contribution is -0.160. The molecule has 2 aliphatic heterocycles. The number of nitrogens with zero attached hydrogens (tertiary/aromatic N) is 1. The third-order valence-corrected chi connectivity index (χ3v) is 8.99. The molecule has 0 radical (unpaired) electrons. The topological polar surface area (TPSA) is 32.3 Å². The maximum absolute atomic E-state index is 14.0. The summed E-state index contributed by atoms with van der Waals surface area (Å²) in [5.74, 6) is 2.04. The molecule has 29 heavy (non-hydrogen) atoms. The second-order valence-corrected chi connectivity index (χ2v) is 11.1. The summed E-state index contributed by atoms with van der Waals surface area (Å²) in [6.07, 6.45) is 11.1. The van der Waals surface area contributed by atoms with Crippen molar-refractivity contribution in [2.75, 3.05) is 13.1 Å². The number of carbonyl (C=O) groups is 1. The first kappa shape index (κ1) is 19.9. The van der Waals surface area contributed by atoms with E-state index in [-0.39, 0.29) is 23.2 Å². The molecule has 6 fully saturated rings. The average Bonchev–Trinajstić information content (AvgIpc) is 2.99. The standard InChI is InChI=1S/C25H34N2O.ClH/c1-17-2-4-20(5-3-17)24-11-18-10-19(12-24)14-25(13-18,16-24)23(28)27-9-8-21-6-7-22(15-27)26-21;/h2-5,18-19,21-22,26H,6-16H2,1H3;1H. The van der Waals surface area contributed by atoms with Gasteiger partial charge in [0.1, 0.15) is 0 Å². The predicted molar refractivity (Wildman–Crippen MR) is 118 cm³/mol. The van der Waals surface area contributed by atoms with Crippen LogP contribution in [0.5, 0.6) is 0 Å². The molecule has 4 atom stereocenters. The molecule has 2 heterocycles. The van der Waals surface area contributed by atoms with E-state index in [2.05, 4.69) is 41.4 Å². The zero-order valence-corrected chi connectivity index (χ0v) is 18.5. The lowest BCUT2D eigenvalue weighted by atomic mass is 9.42. The normalized spacial score (nSPS) is 42.4. The van der Waals surface area contributed by atoms with Gasteiger partial charge in [0.15, 0.2) is 0 Å². The number of fused-ring (bicyclic) bond motifs is 2. The summed E-state index contributed by atoms with van der Waals surface area (Å²) in [5, 5.41) is 3.76. The van der Waals surface area contributed by atoms with E-state index >= 15 is 0 Å². The molecule has 3 nitrogen and oxygen atoms in total. The van der Waals surface area contributed by atoms with Crippen LogP contribution in [0.1, 0.15) is 68.9 Å². The molecule has 2 saturated heterocycles. The highest BCUT2D eigenvalue weighted by Crippen LogP contribution is 2.66. The van der Waals surface area contributed by atoms with Gasteiger partial charge in [0.05, 0.1) is 5.41 Å². The number of likely N-dealkylation sites (tertiary alicyclic amines) is 1. The van der Waals surface area contributed by atoms with E-state index in [0.717, 1.165) is 50.6 Å². The molecule has 4 unspecified atom stereocenters. The summed E-state index contributed by atoms with van der Waals surface area (Å²) >= 11 is 0. The Morgan fingerprint density at radius 1 is 1.00 bits per heavy atom. The van der Waals surface area contributed by atoms with Crippen molar-refractivity contribution in [1.82, 2.24) is 10.2 Å². The van der Waals surface area contributed by atoms with Crippen molar-refractivity contribution in [1.29, 1.82) is 0 Å². The van der Waals surface area contributed by atoms with Gasteiger partial charge in [0, 0.05) is 25.2 Å². The number of nitrogens with one attached hydrogen (secondary N) is 1. The number of rotatable bonds is 2. The van der Waals surface area contributed by atoms with Crippen molar-refractivity contribution in [3.05, 3.63) is 35.4 Å². The van der Waals surface area contributed by atoms with E-state index < -0.39 is 0 Å². The second-order valence-electron chi connectivity index (χ2n) is 11.1. The van der Waals surface area contributed by atoms with Gasteiger partial charge >= 0.3 is 0 Å². The first-order chi connectivity index (χ1) is 13.5. The Morgan fingerprint density at radius 3 is 2.41 bits per heavy atom. The summed E-state index contributed by atoms with van der Waals surface area (Å²) in [7, 11) is 0. The van der Waals surface area contributed by atoms with Crippen LogP contribution in [0.25, 0.3) is 0 Å². The lowest BCUT2D eigenvalue weighted by Gasteiger charge is -2.62. The van der Waals surface area contributed by atoms with Gasteiger partial charge in [0.2, 0.25) is 5.91 Å². The molecule has 4 heteroatoms. The first-order valence-electron chi connectivity index (χ1n) is 11.7. The number of halogens is 1. The van der Waals surface area contributed by atoms with Crippen LogP contribution in [0.15, 0.2) is 24.3 Å². The van der Waals surface area contributed by atoms with Crippen molar-refractivity contribution >= 4 is 18.3 Å². The molecule has 6 aliphatic rings. The average molecular weight is 415 g/mol. The first-order valence-corrected chi connectivity index (χ1v) is 11.7. The fourth-order valence-corrected chi connectivity index (χ4v) is 8.22. The summed E-state index contributed by atoms with van der Waals surface area (Å²) < 4.78 is 0. The zero-order chi connectivity index (χ0) is 18.9. The van der Waals surface area contributed by atoms with Crippen LogP contribution < -0.4 is 5.32 Å². The van der Waals surface area contributed by atoms with Crippen LogP contribution in [0.2, 0.25) is 0 Å². The number of carbonyl (C=O) groups excluding carboxylic acids is 1. The van der Waals surface area contributed by atoms with E-state index in [4.69, 9.17) is 0 Å². The van der Waals surface area contributed by atoms with Crippen molar-refractivity contribution in [2.24, 2.45) is 17.3 Å². The number of aryl methyl sites for hydroxylation is 1. The minimum Gasteiger partial charge on any atom is -0.341 e. The predicted octanol–water partition coefficient (Wildman–Crippen LogP) is 4.61. The van der Waals surface area contributed by atoms with Gasteiger partial charge in [-0.05, 0) is 87.5 Å². The Balaban J connectivity index is 0.00000181. The fourth-order valence-electron chi connectivity index (χ4n) is 8.22. The molecule has 1 N–H and O–H groups in total. The quantitative estimate of drug-likeness (QED) is 0.766. The molecule has 1 aromatic carbocycles. The molecule has 4 saturated carbocycles. The Hall–Kier alpha value is -1.06. The van der Waals surface area contributed by atoms with Crippen molar-refractivity contribution in [3.63, 3.8) is 0 Å². The van der Waals surface area contributed by atoms with Crippen molar-refractivity contribution < 1.29 is 4.79 Å². The molecule has 158 valence electrons. The van der Waals surface area contributed by atoms with Crippen LogP contribution in [0.3, 0.4) is 0 Å². The Morgan fingerprint density at radius 2 is 1.69 bits per heavy atom. The van der Waals surface area contributed by atoms with Crippen LogP contribution in [-0.4, -0.2) is 36.0 Å². The van der Waals surface area contributed by atoms with E-state index in [0.29, 0.717) is 18.0 Å². The van der Waals surface area contributed by atoms with Gasteiger partial charge in [-0.3, -0.25) is 4.79 Å². The number of hydrogen-bond acceptors (Lipinski definition) is 2. The number of amides is 1. The minimum absolute atomic E-state index is 0. The van der Waals surface area contributed by atoms with E-state index in [1.165, 1.54) is 43.2 Å². The van der Waals surface area contributed by atoms with Crippen molar-refractivity contribution in [2.45, 2.75) is 82.2 Å². The summed E-state index contributed by atoms with van der Waals surface area (Å²) in [4.78, 5) is 16.3. The maximum atomic E-state index is 14.0. The van der Waals surface area contributed by atoms with E-state index in [1.807, 2.05) is 0 Å². The molecule has 6 bridgehead atoms. The molecular formula is C25H35ClN2O. The van der Waals surface area contributed by atoms with Gasteiger partial charge in [-0.1, -0.05) is 29.8 Å². The van der Waals surface area contributed by atoms with Crippen molar-refractivity contribution in [3.8, 4) is 0 Å².